The first-order valence-corrected chi connectivity index (χ1v) is 14.1. The first-order valence-electron chi connectivity index (χ1n) is 9.30. The van der Waals surface area contributed by atoms with Crippen LogP contribution in [0.25, 0.3) is 4.13 Å². The van der Waals surface area contributed by atoms with Gasteiger partial charge in [-0.2, -0.15) is 26.3 Å². The van der Waals surface area contributed by atoms with Gasteiger partial charge in [0.15, 0.2) is 20.0 Å². The third kappa shape index (κ3) is 8.29. The second-order valence-corrected chi connectivity index (χ2v) is 14.9. The van der Waals surface area contributed by atoms with Crippen molar-refractivity contribution in [3.8, 4) is 0 Å². The number of halogens is 6. The van der Waals surface area contributed by atoms with Crippen molar-refractivity contribution in [2.45, 2.75) is 50.7 Å². The van der Waals surface area contributed by atoms with Crippen LogP contribution in [0.4, 0.5) is 26.3 Å². The van der Waals surface area contributed by atoms with Crippen LogP contribution in [0.5, 0.6) is 0 Å². The maximum absolute atomic E-state index is 11.4. The second kappa shape index (κ2) is 10.6. The average molecular weight is 557 g/mol. The van der Waals surface area contributed by atoms with Crippen molar-refractivity contribution in [1.82, 2.24) is 0 Å². The summed E-state index contributed by atoms with van der Waals surface area (Å²) in [6, 6.07) is 0.643. The summed E-state index contributed by atoms with van der Waals surface area (Å²) in [6.45, 7) is 8.17. The summed E-state index contributed by atoms with van der Waals surface area (Å²) in [6.07, 6.45) is 3.42. The van der Waals surface area contributed by atoms with Crippen molar-refractivity contribution in [2.75, 3.05) is 41.1 Å². The van der Waals surface area contributed by atoms with Gasteiger partial charge in [0.25, 0.3) is 0 Å². The van der Waals surface area contributed by atoms with Crippen LogP contribution in [-0.4, -0.2) is 88.3 Å². The van der Waals surface area contributed by atoms with Crippen LogP contribution in [0.3, 0.4) is 0 Å². The Morgan fingerprint density at radius 2 is 1.24 bits per heavy atom. The zero-order chi connectivity index (χ0) is 26.7. The molecule has 33 heavy (non-hydrogen) atoms. The molecule has 0 N–H and O–H groups in total. The largest absolute Gasteiger partial charge is 0.558 e. The van der Waals surface area contributed by atoms with E-state index in [0.717, 1.165) is 14.8 Å². The van der Waals surface area contributed by atoms with Gasteiger partial charge in [-0.25, -0.2) is 16.8 Å². The number of sulfonamides is 2. The van der Waals surface area contributed by atoms with Crippen molar-refractivity contribution in [3.63, 3.8) is 0 Å². The normalized spacial score (nSPS) is 23.2. The Bertz CT molecular complexity index is 805. The fraction of sp³-hybridized carbons (Fsp3) is 1.00. The summed E-state index contributed by atoms with van der Waals surface area (Å²) in [5, 5.41) is 0. The van der Waals surface area contributed by atoms with Crippen LogP contribution in [0.15, 0.2) is 0 Å². The Hall–Kier alpha value is -0.503. The highest BCUT2D eigenvalue weighted by Crippen LogP contribution is 2.38. The lowest BCUT2D eigenvalue weighted by Gasteiger charge is -2.45. The predicted octanol–water partition coefficient (Wildman–Crippen LogP) is 3.12. The molecule has 0 aromatic heterocycles. The highest BCUT2D eigenvalue weighted by molar-refractivity contribution is 8.13. The molecule has 1 saturated heterocycles. The van der Waals surface area contributed by atoms with E-state index < -0.39 is 39.9 Å². The topological polar surface area (TPSA) is 110 Å². The summed E-state index contributed by atoms with van der Waals surface area (Å²) in [7, 11) is -8.52. The standard InChI is InChI=1S/C13H30NO3Si.C2F6NO4S2/c1-13(2,3)12-9-8-10-14(12,4)11-18(15-5,16-6)17-7;3-1(4,5)14(10,11)9-15(12,13)2(6,7)8/h12H,8-11H2,1-7H3;/q+1;-1. The Labute approximate surface area is 191 Å². The SMILES string of the molecule is CO[Si](C[N+]1(C)CCCC1C(C)(C)C)(OC)OC.O=S(=O)([N-]S(=O)(=O)C(F)(F)F)C(F)(F)F. The molecule has 0 aromatic rings. The second-order valence-electron chi connectivity index (χ2n) is 8.60. The zero-order valence-electron chi connectivity index (χ0n) is 19.2. The minimum Gasteiger partial charge on any atom is -0.421 e. The number of alkyl halides is 6. The van der Waals surface area contributed by atoms with Gasteiger partial charge in [0, 0.05) is 39.6 Å². The van der Waals surface area contributed by atoms with Gasteiger partial charge in [-0.15, -0.1) is 0 Å². The summed E-state index contributed by atoms with van der Waals surface area (Å²) in [5.74, 6) is 0. The average Bonchev–Trinajstić information content (AvgIpc) is 2.99. The lowest BCUT2D eigenvalue weighted by molar-refractivity contribution is -0.920. The molecule has 1 aliphatic heterocycles. The molecule has 2 unspecified atom stereocenters. The van der Waals surface area contributed by atoms with E-state index in [9.17, 15) is 43.2 Å². The van der Waals surface area contributed by atoms with Crippen molar-refractivity contribution in [3.05, 3.63) is 4.13 Å². The monoisotopic (exact) mass is 556 g/mol. The first kappa shape index (κ1) is 32.5. The molecule has 1 aliphatic rings. The van der Waals surface area contributed by atoms with Crippen LogP contribution in [-0.2, 0) is 33.3 Å². The number of quaternary nitrogens is 1. The van der Waals surface area contributed by atoms with Crippen LogP contribution < -0.4 is 0 Å². The van der Waals surface area contributed by atoms with Crippen molar-refractivity contribution in [2.24, 2.45) is 5.41 Å². The van der Waals surface area contributed by atoms with Crippen LogP contribution in [0, 0.1) is 5.41 Å². The highest BCUT2D eigenvalue weighted by Gasteiger charge is 2.54. The molecule has 1 fully saturated rings. The Kier molecular flexibility index (Phi) is 10.5. The molecule has 2 atom stereocenters. The van der Waals surface area contributed by atoms with E-state index in [-0.39, 0.29) is 0 Å². The molecule has 18 heteroatoms. The van der Waals surface area contributed by atoms with Crippen LogP contribution in [0.1, 0.15) is 33.6 Å². The molecule has 9 nitrogen and oxygen atoms in total. The first-order chi connectivity index (χ1) is 14.4. The Balaban J connectivity index is 0.000000633. The van der Waals surface area contributed by atoms with E-state index in [1.165, 1.54) is 19.4 Å². The lowest BCUT2D eigenvalue weighted by Crippen LogP contribution is -2.64. The predicted molar refractivity (Wildman–Crippen MR) is 108 cm³/mol. The van der Waals surface area contributed by atoms with Gasteiger partial charge in [-0.05, 0) is 0 Å². The van der Waals surface area contributed by atoms with Gasteiger partial charge in [-0.3, -0.25) is 0 Å². The summed E-state index contributed by atoms with van der Waals surface area (Å²) >= 11 is 0. The maximum atomic E-state index is 11.4. The van der Waals surface area contributed by atoms with Crippen molar-refractivity contribution in [1.29, 1.82) is 0 Å². The van der Waals surface area contributed by atoms with Crippen molar-refractivity contribution >= 4 is 28.9 Å². The van der Waals surface area contributed by atoms with Gasteiger partial charge in [0.05, 0.1) is 19.6 Å². The molecular weight excluding hydrogens is 526 g/mol. The molecule has 0 aromatic carbocycles. The number of hydrogen-bond donors (Lipinski definition) is 0. The van der Waals surface area contributed by atoms with Gasteiger partial charge >= 0.3 is 19.8 Å². The molecule has 1 rings (SSSR count). The fourth-order valence-corrected chi connectivity index (χ4v) is 7.63. The minimum absolute atomic E-state index is 0.306. The van der Waals surface area contributed by atoms with Gasteiger partial charge in [0.2, 0.25) is 0 Å². The zero-order valence-corrected chi connectivity index (χ0v) is 21.9. The van der Waals surface area contributed by atoms with E-state index in [0.29, 0.717) is 11.5 Å². The quantitative estimate of drug-likeness (QED) is 0.269. The minimum atomic E-state index is -6.72. The third-order valence-corrected chi connectivity index (χ3v) is 10.9. The number of rotatable bonds is 7. The smallest absolute Gasteiger partial charge is 0.421 e. The molecule has 0 radical (unpaired) electrons. The number of likely N-dealkylation sites (tertiary alicyclic amines) is 1. The van der Waals surface area contributed by atoms with Gasteiger partial charge in [-0.1, -0.05) is 20.8 Å². The maximum Gasteiger partial charge on any atom is 0.558 e. The Morgan fingerprint density at radius 1 is 0.879 bits per heavy atom. The van der Waals surface area contributed by atoms with E-state index in [1.54, 1.807) is 21.3 Å². The third-order valence-electron chi connectivity index (χ3n) is 5.17. The molecular formula is C15H30F6N2O7S2Si. The van der Waals surface area contributed by atoms with E-state index >= 15 is 0 Å². The van der Waals surface area contributed by atoms with Crippen LogP contribution in [0.2, 0.25) is 0 Å². The van der Waals surface area contributed by atoms with Gasteiger partial charge in [0.1, 0.15) is 6.17 Å². The van der Waals surface area contributed by atoms with Crippen LogP contribution >= 0.6 is 0 Å². The fourth-order valence-electron chi connectivity index (χ4n) is 3.77. The highest BCUT2D eigenvalue weighted by atomic mass is 32.3. The molecule has 0 bridgehead atoms. The summed E-state index contributed by atoms with van der Waals surface area (Å²) < 4.78 is 127. The van der Waals surface area contributed by atoms with E-state index in [1.807, 2.05) is 0 Å². The lowest BCUT2D eigenvalue weighted by atomic mass is 9.84. The van der Waals surface area contributed by atoms with E-state index in [4.69, 9.17) is 13.3 Å². The summed E-state index contributed by atoms with van der Waals surface area (Å²) in [4.78, 5) is 0. The van der Waals surface area contributed by atoms with Gasteiger partial charge < -0.3 is 21.9 Å². The Morgan fingerprint density at radius 3 is 1.52 bits per heavy atom. The molecule has 0 spiro atoms. The molecule has 0 aliphatic carbocycles. The number of nitrogens with zero attached hydrogens (tertiary/aromatic N) is 2. The number of hydrogen-bond acceptors (Lipinski definition) is 7. The molecule has 0 saturated carbocycles. The van der Waals surface area contributed by atoms with Crippen molar-refractivity contribution < 1.29 is 60.9 Å². The summed E-state index contributed by atoms with van der Waals surface area (Å²) in [5.41, 5.74) is -12.1. The molecule has 1 heterocycles. The molecule has 200 valence electrons. The van der Waals surface area contributed by atoms with E-state index in [2.05, 4.69) is 27.8 Å². The molecule has 0 amide bonds.